The smallest absolute Gasteiger partial charge is 0.165 e. The minimum Gasteiger partial charge on any atom is -0.370 e. The highest BCUT2D eigenvalue weighted by atomic mass is 16.6. The molecule has 0 aromatic heterocycles. The van der Waals surface area contributed by atoms with Gasteiger partial charge in [0.15, 0.2) is 5.78 Å². The van der Waals surface area contributed by atoms with Crippen LogP contribution in [0.3, 0.4) is 0 Å². The van der Waals surface area contributed by atoms with Gasteiger partial charge in [0, 0.05) is 18.8 Å². The third kappa shape index (κ3) is 1.24. The number of hydrogen-bond donors (Lipinski definition) is 0. The number of Topliss-reactive ketones (excluding diaryl/α,β-unsaturated/α-hetero) is 1. The number of hydrogen-bond acceptors (Lipinski definition) is 3. The predicted molar refractivity (Wildman–Crippen MR) is 65.1 cm³/mol. The molecule has 0 amide bonds. The largest absolute Gasteiger partial charge is 0.370 e. The number of ether oxygens (including phenoxy) is 2. The van der Waals surface area contributed by atoms with Crippen molar-refractivity contribution in [3.05, 3.63) is 35.9 Å². The van der Waals surface area contributed by atoms with Gasteiger partial charge >= 0.3 is 0 Å². The van der Waals surface area contributed by atoms with Gasteiger partial charge in [0.05, 0.1) is 12.2 Å². The maximum Gasteiger partial charge on any atom is 0.165 e. The minimum absolute atomic E-state index is 0.144. The van der Waals surface area contributed by atoms with Gasteiger partial charge in [0.1, 0.15) is 11.7 Å². The van der Waals surface area contributed by atoms with E-state index in [9.17, 15) is 4.79 Å². The minimum atomic E-state index is -0.322. The van der Waals surface area contributed by atoms with Gasteiger partial charge in [-0.2, -0.15) is 0 Å². The molecule has 1 aromatic rings. The zero-order valence-electron chi connectivity index (χ0n) is 10.4. The third-order valence-electron chi connectivity index (χ3n) is 4.76. The van der Waals surface area contributed by atoms with Crippen LogP contribution in [0.15, 0.2) is 30.3 Å². The van der Waals surface area contributed by atoms with Gasteiger partial charge in [-0.05, 0) is 12.5 Å². The summed E-state index contributed by atoms with van der Waals surface area (Å²) in [5.41, 5.74) is 0.642. The Hall–Kier alpha value is -1.19. The maximum atomic E-state index is 11.7. The quantitative estimate of drug-likeness (QED) is 0.710. The van der Waals surface area contributed by atoms with Crippen molar-refractivity contribution in [3.8, 4) is 0 Å². The fourth-order valence-electron chi connectivity index (χ4n) is 3.67. The summed E-state index contributed by atoms with van der Waals surface area (Å²) in [4.78, 5) is 11.7. The van der Waals surface area contributed by atoms with Gasteiger partial charge < -0.3 is 9.47 Å². The summed E-state index contributed by atoms with van der Waals surface area (Å²) in [5, 5.41) is 0. The van der Waals surface area contributed by atoms with E-state index in [4.69, 9.17) is 9.47 Å². The van der Waals surface area contributed by atoms with E-state index < -0.39 is 0 Å². The van der Waals surface area contributed by atoms with Crippen molar-refractivity contribution < 1.29 is 14.3 Å². The van der Waals surface area contributed by atoms with Crippen LogP contribution in [-0.2, 0) is 19.9 Å². The fraction of sp³-hybridized carbons (Fsp3) is 0.533. The van der Waals surface area contributed by atoms with Crippen molar-refractivity contribution in [2.45, 2.75) is 37.1 Å². The van der Waals surface area contributed by atoms with Crippen molar-refractivity contribution >= 4 is 5.78 Å². The summed E-state index contributed by atoms with van der Waals surface area (Å²) >= 11 is 0. The number of epoxide rings is 1. The summed E-state index contributed by atoms with van der Waals surface area (Å²) < 4.78 is 11.8. The van der Waals surface area contributed by atoms with Crippen LogP contribution in [-0.4, -0.2) is 24.1 Å². The zero-order chi connectivity index (χ0) is 12.4. The molecular weight excluding hydrogens is 228 g/mol. The van der Waals surface area contributed by atoms with E-state index in [0.29, 0.717) is 13.0 Å². The number of rotatable bonds is 1. The monoisotopic (exact) mass is 244 g/mol. The lowest BCUT2D eigenvalue weighted by Crippen LogP contribution is -2.44. The van der Waals surface area contributed by atoms with E-state index in [2.05, 4.69) is 19.1 Å². The van der Waals surface area contributed by atoms with Gasteiger partial charge in [0.25, 0.3) is 0 Å². The zero-order valence-corrected chi connectivity index (χ0v) is 10.4. The average molecular weight is 244 g/mol. The van der Waals surface area contributed by atoms with E-state index in [0.717, 1.165) is 6.42 Å². The lowest BCUT2D eigenvalue weighted by molar-refractivity contribution is -0.135. The second-order valence-electron chi connectivity index (χ2n) is 5.90. The van der Waals surface area contributed by atoms with Crippen LogP contribution < -0.4 is 0 Å². The van der Waals surface area contributed by atoms with Crippen LogP contribution in [0.25, 0.3) is 0 Å². The van der Waals surface area contributed by atoms with Gasteiger partial charge in [-0.3, -0.25) is 4.79 Å². The lowest BCUT2D eigenvalue weighted by atomic mass is 9.78. The molecule has 1 saturated carbocycles. The van der Waals surface area contributed by atoms with Crippen LogP contribution >= 0.6 is 0 Å². The first-order valence-electron chi connectivity index (χ1n) is 6.54. The number of carbonyl (C=O) groups is 1. The van der Waals surface area contributed by atoms with Crippen LogP contribution in [0, 0.1) is 5.92 Å². The molecule has 1 spiro atoms. The second-order valence-corrected chi connectivity index (χ2v) is 5.90. The van der Waals surface area contributed by atoms with E-state index in [1.54, 1.807) is 0 Å². The van der Waals surface area contributed by atoms with Crippen molar-refractivity contribution in [3.63, 3.8) is 0 Å². The summed E-state index contributed by atoms with van der Waals surface area (Å²) in [6, 6.07) is 10.2. The standard InChI is InChI=1S/C15H16O3/c1-14(10-5-3-2-4-6-10)9-15-11(8-17-14)7-12(16)13(15)18-15/h2-6,11,13H,7-9H2,1H3/t11-,13+,14+,15-/m0/s1. The van der Waals surface area contributed by atoms with Crippen LogP contribution in [0.4, 0.5) is 0 Å². The van der Waals surface area contributed by atoms with Crippen LogP contribution in [0.2, 0.25) is 0 Å². The molecule has 1 aliphatic carbocycles. The predicted octanol–water partition coefficient (Wildman–Crippen LogP) is 2.05. The SMILES string of the molecule is C[C@]1(c2ccccc2)C[C@@]23O[C@@H]2C(=O)C[C@H]3CO1. The number of ketones is 1. The Morgan fingerprint density at radius 2 is 2.06 bits per heavy atom. The molecular formula is C15H16O3. The molecule has 0 bridgehead atoms. The maximum absolute atomic E-state index is 11.7. The molecule has 2 saturated heterocycles. The fourth-order valence-corrected chi connectivity index (χ4v) is 3.67. The average Bonchev–Trinajstić information content (AvgIpc) is 3.02. The highest BCUT2D eigenvalue weighted by Crippen LogP contribution is 2.60. The summed E-state index contributed by atoms with van der Waals surface area (Å²) in [6.07, 6.45) is 1.29. The molecule has 2 heterocycles. The van der Waals surface area contributed by atoms with Gasteiger partial charge in [0.2, 0.25) is 0 Å². The molecule has 4 atom stereocenters. The third-order valence-corrected chi connectivity index (χ3v) is 4.76. The number of benzene rings is 1. The van der Waals surface area contributed by atoms with E-state index in [-0.39, 0.29) is 29.0 Å². The van der Waals surface area contributed by atoms with E-state index in [1.165, 1.54) is 5.56 Å². The topological polar surface area (TPSA) is 38.8 Å². The van der Waals surface area contributed by atoms with Gasteiger partial charge in [-0.1, -0.05) is 30.3 Å². The second kappa shape index (κ2) is 3.22. The molecule has 3 heteroatoms. The molecule has 1 aromatic carbocycles. The molecule has 94 valence electrons. The number of carbonyl (C=O) groups excluding carboxylic acids is 1. The first kappa shape index (κ1) is 10.7. The van der Waals surface area contributed by atoms with E-state index >= 15 is 0 Å². The molecule has 0 unspecified atom stereocenters. The summed E-state index contributed by atoms with van der Waals surface area (Å²) in [7, 11) is 0. The van der Waals surface area contributed by atoms with Crippen molar-refractivity contribution in [2.24, 2.45) is 5.92 Å². The molecule has 3 nitrogen and oxygen atoms in total. The molecule has 3 aliphatic rings. The lowest BCUT2D eigenvalue weighted by Gasteiger charge is -2.40. The normalized spacial score (nSPS) is 45.5. The van der Waals surface area contributed by atoms with Crippen molar-refractivity contribution in [1.82, 2.24) is 0 Å². The first-order valence-corrected chi connectivity index (χ1v) is 6.54. The molecule has 0 N–H and O–H groups in total. The van der Waals surface area contributed by atoms with Crippen molar-refractivity contribution in [2.75, 3.05) is 6.61 Å². The van der Waals surface area contributed by atoms with Gasteiger partial charge in [-0.25, -0.2) is 0 Å². The Labute approximate surface area is 106 Å². The Kier molecular flexibility index (Phi) is 1.92. The molecule has 0 radical (unpaired) electrons. The molecule has 4 rings (SSSR count). The molecule has 3 fully saturated rings. The summed E-state index contributed by atoms with van der Waals surface area (Å²) in [6.45, 7) is 2.74. The van der Waals surface area contributed by atoms with Crippen LogP contribution in [0.5, 0.6) is 0 Å². The van der Waals surface area contributed by atoms with Crippen LogP contribution in [0.1, 0.15) is 25.3 Å². The molecule has 2 aliphatic heterocycles. The summed E-state index contributed by atoms with van der Waals surface area (Å²) in [5.74, 6) is 0.535. The van der Waals surface area contributed by atoms with Crippen molar-refractivity contribution in [1.29, 1.82) is 0 Å². The Bertz CT molecular complexity index is 512. The highest BCUT2D eigenvalue weighted by molar-refractivity contribution is 5.90. The Morgan fingerprint density at radius 3 is 2.78 bits per heavy atom. The Morgan fingerprint density at radius 1 is 1.28 bits per heavy atom. The van der Waals surface area contributed by atoms with Gasteiger partial charge in [-0.15, -0.1) is 0 Å². The highest BCUT2D eigenvalue weighted by Gasteiger charge is 2.73. The van der Waals surface area contributed by atoms with E-state index in [1.807, 2.05) is 18.2 Å². The molecule has 18 heavy (non-hydrogen) atoms. The Balaban J connectivity index is 1.68. The first-order chi connectivity index (χ1) is 8.64.